The van der Waals surface area contributed by atoms with Crippen molar-refractivity contribution < 1.29 is 4.79 Å². The number of amides is 1. The Kier molecular flexibility index (Phi) is 4.51. The summed E-state index contributed by atoms with van der Waals surface area (Å²) >= 11 is 0. The Bertz CT molecular complexity index is 975. The molecule has 0 spiro atoms. The average molecular weight is 364 g/mol. The summed E-state index contributed by atoms with van der Waals surface area (Å²) in [6.07, 6.45) is 3.36. The number of para-hydroxylation sites is 1. The molecule has 7 nitrogen and oxygen atoms in total. The SMILES string of the molecule is Cc1cc(N2CCC[C@H](C(=O)Nc3c(C)cccc3C)C2)n2ncnc2n1. The van der Waals surface area contributed by atoms with Crippen molar-refractivity contribution in [2.45, 2.75) is 33.6 Å². The van der Waals surface area contributed by atoms with Crippen LogP contribution in [0, 0.1) is 26.7 Å². The molecule has 3 heterocycles. The molecule has 27 heavy (non-hydrogen) atoms. The number of rotatable bonds is 3. The predicted molar refractivity (Wildman–Crippen MR) is 105 cm³/mol. The molecule has 0 unspecified atom stereocenters. The van der Waals surface area contributed by atoms with Crippen LogP contribution in [0.5, 0.6) is 0 Å². The maximum atomic E-state index is 12.9. The summed E-state index contributed by atoms with van der Waals surface area (Å²) in [6.45, 7) is 7.56. The van der Waals surface area contributed by atoms with E-state index in [2.05, 4.69) is 25.3 Å². The molecule has 1 amide bonds. The summed E-state index contributed by atoms with van der Waals surface area (Å²) in [7, 11) is 0. The van der Waals surface area contributed by atoms with E-state index in [9.17, 15) is 4.79 Å². The summed E-state index contributed by atoms with van der Waals surface area (Å²) in [5.41, 5.74) is 4.00. The highest BCUT2D eigenvalue weighted by Gasteiger charge is 2.28. The highest BCUT2D eigenvalue weighted by atomic mass is 16.1. The number of nitrogens with one attached hydrogen (secondary N) is 1. The molecular weight excluding hydrogens is 340 g/mol. The molecule has 1 aromatic carbocycles. The number of fused-ring (bicyclic) bond motifs is 1. The normalized spacial score (nSPS) is 17.3. The van der Waals surface area contributed by atoms with Crippen molar-refractivity contribution in [3.8, 4) is 0 Å². The Morgan fingerprint density at radius 3 is 2.78 bits per heavy atom. The fraction of sp³-hybridized carbons (Fsp3) is 0.400. The first-order valence-corrected chi connectivity index (χ1v) is 9.32. The molecule has 7 heteroatoms. The maximum Gasteiger partial charge on any atom is 0.254 e. The van der Waals surface area contributed by atoms with Gasteiger partial charge >= 0.3 is 0 Å². The molecule has 140 valence electrons. The monoisotopic (exact) mass is 364 g/mol. The Balaban J connectivity index is 1.56. The van der Waals surface area contributed by atoms with Gasteiger partial charge in [-0.25, -0.2) is 4.98 Å². The molecule has 0 aliphatic carbocycles. The minimum Gasteiger partial charge on any atom is -0.356 e. The van der Waals surface area contributed by atoms with Crippen molar-refractivity contribution in [2.75, 3.05) is 23.3 Å². The van der Waals surface area contributed by atoms with E-state index >= 15 is 0 Å². The quantitative estimate of drug-likeness (QED) is 0.773. The van der Waals surface area contributed by atoms with E-state index in [1.165, 1.54) is 6.33 Å². The van der Waals surface area contributed by atoms with Gasteiger partial charge in [0.15, 0.2) is 0 Å². The van der Waals surface area contributed by atoms with E-state index in [-0.39, 0.29) is 11.8 Å². The van der Waals surface area contributed by atoms with Gasteiger partial charge in [0, 0.05) is 30.5 Å². The second-order valence-corrected chi connectivity index (χ2v) is 7.27. The molecular formula is C20H24N6O. The molecule has 1 atom stereocenters. The van der Waals surface area contributed by atoms with Crippen molar-refractivity contribution >= 4 is 23.2 Å². The Morgan fingerprint density at radius 2 is 2.00 bits per heavy atom. The van der Waals surface area contributed by atoms with Gasteiger partial charge in [-0.15, -0.1) is 0 Å². The number of aromatic nitrogens is 4. The summed E-state index contributed by atoms with van der Waals surface area (Å²) in [4.78, 5) is 23.8. The molecule has 1 saturated heterocycles. The molecule has 0 radical (unpaired) electrons. The number of hydrogen-bond acceptors (Lipinski definition) is 5. The van der Waals surface area contributed by atoms with Crippen molar-refractivity contribution in [1.82, 2.24) is 19.6 Å². The lowest BCUT2D eigenvalue weighted by Crippen LogP contribution is -2.41. The van der Waals surface area contributed by atoms with Gasteiger partial charge in [-0.05, 0) is 44.7 Å². The van der Waals surface area contributed by atoms with Gasteiger partial charge in [0.1, 0.15) is 12.1 Å². The van der Waals surface area contributed by atoms with Crippen molar-refractivity contribution in [3.63, 3.8) is 0 Å². The zero-order valence-corrected chi connectivity index (χ0v) is 15.9. The van der Waals surface area contributed by atoms with E-state index in [0.717, 1.165) is 47.7 Å². The van der Waals surface area contributed by atoms with E-state index in [4.69, 9.17) is 0 Å². The highest BCUT2D eigenvalue weighted by Crippen LogP contribution is 2.26. The fourth-order valence-corrected chi connectivity index (χ4v) is 3.77. The second kappa shape index (κ2) is 6.98. The summed E-state index contributed by atoms with van der Waals surface area (Å²) in [5, 5.41) is 7.45. The van der Waals surface area contributed by atoms with Crippen LogP contribution in [0.25, 0.3) is 5.78 Å². The first kappa shape index (κ1) is 17.5. The Morgan fingerprint density at radius 1 is 1.22 bits per heavy atom. The molecule has 2 aromatic heterocycles. The number of piperidine rings is 1. The van der Waals surface area contributed by atoms with Gasteiger partial charge in [-0.1, -0.05) is 18.2 Å². The molecule has 3 aromatic rings. The van der Waals surface area contributed by atoms with Crippen LogP contribution in [0.15, 0.2) is 30.6 Å². The van der Waals surface area contributed by atoms with Gasteiger partial charge in [0.05, 0.1) is 5.92 Å². The number of nitrogens with zero attached hydrogens (tertiary/aromatic N) is 5. The molecule has 4 rings (SSSR count). The van der Waals surface area contributed by atoms with Gasteiger partial charge in [-0.3, -0.25) is 4.79 Å². The topological polar surface area (TPSA) is 75.4 Å². The smallest absolute Gasteiger partial charge is 0.254 e. The Hall–Kier alpha value is -2.96. The summed E-state index contributed by atoms with van der Waals surface area (Å²) in [5.74, 6) is 1.55. The van der Waals surface area contributed by atoms with Crippen LogP contribution in [0.4, 0.5) is 11.5 Å². The molecule has 0 saturated carbocycles. The van der Waals surface area contributed by atoms with E-state index in [0.29, 0.717) is 12.3 Å². The van der Waals surface area contributed by atoms with Crippen molar-refractivity contribution in [3.05, 3.63) is 47.4 Å². The lowest BCUT2D eigenvalue weighted by atomic mass is 9.96. The maximum absolute atomic E-state index is 12.9. The molecule has 1 fully saturated rings. The summed E-state index contributed by atoms with van der Waals surface area (Å²) in [6, 6.07) is 8.07. The Labute approximate surface area is 158 Å². The van der Waals surface area contributed by atoms with E-state index in [1.807, 2.05) is 45.0 Å². The number of aryl methyl sites for hydroxylation is 3. The number of anilines is 2. The first-order chi connectivity index (χ1) is 13.0. The molecule has 1 N–H and O–H groups in total. The number of hydrogen-bond donors (Lipinski definition) is 1. The zero-order valence-electron chi connectivity index (χ0n) is 15.9. The third kappa shape index (κ3) is 3.37. The zero-order chi connectivity index (χ0) is 19.0. The van der Waals surface area contributed by atoms with Crippen LogP contribution in [0.1, 0.15) is 29.7 Å². The minimum atomic E-state index is -0.0650. The van der Waals surface area contributed by atoms with Crippen LogP contribution in [0.2, 0.25) is 0 Å². The molecule has 0 bridgehead atoms. The van der Waals surface area contributed by atoms with Crippen LogP contribution in [-0.2, 0) is 4.79 Å². The van der Waals surface area contributed by atoms with Gasteiger partial charge < -0.3 is 10.2 Å². The average Bonchev–Trinajstić information content (AvgIpc) is 3.12. The highest BCUT2D eigenvalue weighted by molar-refractivity contribution is 5.94. The van der Waals surface area contributed by atoms with Gasteiger partial charge in [-0.2, -0.15) is 14.6 Å². The van der Waals surface area contributed by atoms with E-state index < -0.39 is 0 Å². The second-order valence-electron chi connectivity index (χ2n) is 7.27. The van der Waals surface area contributed by atoms with Crippen LogP contribution in [-0.4, -0.2) is 38.6 Å². The lowest BCUT2D eigenvalue weighted by molar-refractivity contribution is -0.120. The fourth-order valence-electron chi connectivity index (χ4n) is 3.77. The first-order valence-electron chi connectivity index (χ1n) is 9.32. The lowest BCUT2D eigenvalue weighted by Gasteiger charge is -2.33. The summed E-state index contributed by atoms with van der Waals surface area (Å²) < 4.78 is 1.75. The van der Waals surface area contributed by atoms with Crippen LogP contribution in [0.3, 0.4) is 0 Å². The largest absolute Gasteiger partial charge is 0.356 e. The predicted octanol–water partition coefficient (Wildman–Crippen LogP) is 2.90. The van der Waals surface area contributed by atoms with Crippen molar-refractivity contribution in [2.24, 2.45) is 5.92 Å². The van der Waals surface area contributed by atoms with Gasteiger partial charge in [0.25, 0.3) is 5.78 Å². The van der Waals surface area contributed by atoms with Gasteiger partial charge in [0.2, 0.25) is 5.91 Å². The molecule has 1 aliphatic rings. The standard InChI is InChI=1S/C20H24N6O/c1-13-6-4-7-14(2)18(13)24-19(27)16-8-5-9-25(11-16)17-10-15(3)23-20-21-12-22-26(17)20/h4,6-7,10,12,16H,5,8-9,11H2,1-3H3,(H,24,27)/t16-/m0/s1. The molecule has 1 aliphatic heterocycles. The van der Waals surface area contributed by atoms with Crippen LogP contribution < -0.4 is 10.2 Å². The number of carbonyl (C=O) groups excluding carboxylic acids is 1. The van der Waals surface area contributed by atoms with E-state index in [1.54, 1.807) is 4.52 Å². The third-order valence-electron chi connectivity index (χ3n) is 5.21. The van der Waals surface area contributed by atoms with Crippen LogP contribution >= 0.6 is 0 Å². The minimum absolute atomic E-state index is 0.0650. The number of benzene rings is 1. The third-order valence-corrected chi connectivity index (χ3v) is 5.21. The number of carbonyl (C=O) groups is 1. The van der Waals surface area contributed by atoms with Crippen molar-refractivity contribution in [1.29, 1.82) is 0 Å².